The van der Waals surface area contributed by atoms with Crippen LogP contribution in [0.15, 0.2) is 0 Å². The molecule has 13 heavy (non-hydrogen) atoms. The zero-order chi connectivity index (χ0) is 9.68. The molecule has 1 rings (SSSR count). The van der Waals surface area contributed by atoms with Gasteiger partial charge in [0.2, 0.25) is 5.91 Å². The number of carbonyl (C=O) groups is 2. The topological polar surface area (TPSA) is 40.6 Å². The van der Waals surface area contributed by atoms with E-state index in [0.29, 0.717) is 25.9 Å². The van der Waals surface area contributed by atoms with Gasteiger partial charge in [-0.3, -0.25) is 9.80 Å². The van der Waals surface area contributed by atoms with Crippen LogP contribution >= 0.6 is 0 Å². The molecule has 0 aromatic rings. The standard InChI is InChI=1S/C9H16N2O2/c1-2-11-9(13)5-3-6-10(11)7-4-8-12/h8H,2-7H2,1H3. The van der Waals surface area contributed by atoms with Crippen LogP contribution in [0.4, 0.5) is 0 Å². The number of nitrogens with zero attached hydrogens (tertiary/aromatic N) is 2. The largest absolute Gasteiger partial charge is 0.303 e. The second kappa shape index (κ2) is 4.97. The Bertz CT molecular complexity index is 194. The molecule has 0 aliphatic carbocycles. The maximum absolute atomic E-state index is 11.4. The van der Waals surface area contributed by atoms with Crippen LogP contribution in [0.2, 0.25) is 0 Å². The number of hydrogen-bond acceptors (Lipinski definition) is 3. The molecule has 1 aliphatic rings. The molecule has 1 fully saturated rings. The monoisotopic (exact) mass is 184 g/mol. The number of aldehydes is 1. The number of amides is 1. The predicted molar refractivity (Wildman–Crippen MR) is 48.9 cm³/mol. The van der Waals surface area contributed by atoms with Gasteiger partial charge in [0, 0.05) is 32.5 Å². The Morgan fingerprint density at radius 2 is 2.31 bits per heavy atom. The summed E-state index contributed by atoms with van der Waals surface area (Å²) in [7, 11) is 0. The van der Waals surface area contributed by atoms with Crippen molar-refractivity contribution >= 4 is 12.2 Å². The fourth-order valence-corrected chi connectivity index (χ4v) is 1.63. The lowest BCUT2D eigenvalue weighted by molar-refractivity contribution is -0.155. The van der Waals surface area contributed by atoms with Gasteiger partial charge in [-0.2, -0.15) is 0 Å². The zero-order valence-electron chi connectivity index (χ0n) is 8.03. The van der Waals surface area contributed by atoms with Crippen LogP contribution in [0.25, 0.3) is 0 Å². The summed E-state index contributed by atoms with van der Waals surface area (Å²) in [5.74, 6) is 0.180. The van der Waals surface area contributed by atoms with Gasteiger partial charge in [-0.15, -0.1) is 0 Å². The number of hydrogen-bond donors (Lipinski definition) is 0. The highest BCUT2D eigenvalue weighted by molar-refractivity contribution is 5.76. The Hall–Kier alpha value is -0.900. The maximum Gasteiger partial charge on any atom is 0.236 e. The lowest BCUT2D eigenvalue weighted by Crippen LogP contribution is -2.50. The molecule has 74 valence electrons. The molecule has 0 aromatic heterocycles. The third-order valence-corrected chi connectivity index (χ3v) is 2.24. The molecule has 0 unspecified atom stereocenters. The average molecular weight is 184 g/mol. The highest BCUT2D eigenvalue weighted by Gasteiger charge is 2.23. The summed E-state index contributed by atoms with van der Waals surface area (Å²) in [6, 6.07) is 0. The summed E-state index contributed by atoms with van der Waals surface area (Å²) < 4.78 is 0. The van der Waals surface area contributed by atoms with Crippen molar-refractivity contribution < 1.29 is 9.59 Å². The third kappa shape index (κ3) is 2.52. The van der Waals surface area contributed by atoms with Crippen molar-refractivity contribution in [2.24, 2.45) is 0 Å². The Labute approximate surface area is 78.5 Å². The van der Waals surface area contributed by atoms with Crippen LogP contribution in [0.1, 0.15) is 26.2 Å². The molecule has 0 saturated carbocycles. The van der Waals surface area contributed by atoms with E-state index in [4.69, 9.17) is 0 Å². The van der Waals surface area contributed by atoms with E-state index in [1.165, 1.54) is 0 Å². The Morgan fingerprint density at radius 1 is 1.54 bits per heavy atom. The van der Waals surface area contributed by atoms with Crippen molar-refractivity contribution in [3.63, 3.8) is 0 Å². The van der Waals surface area contributed by atoms with E-state index in [0.717, 1.165) is 19.3 Å². The first kappa shape index (κ1) is 10.2. The predicted octanol–water partition coefficient (Wildman–Crippen LogP) is 0.435. The summed E-state index contributed by atoms with van der Waals surface area (Å²) in [5, 5.41) is 3.72. The van der Waals surface area contributed by atoms with Crippen molar-refractivity contribution in [2.75, 3.05) is 19.6 Å². The van der Waals surface area contributed by atoms with Crippen LogP contribution in [-0.2, 0) is 9.59 Å². The van der Waals surface area contributed by atoms with Crippen LogP contribution < -0.4 is 0 Å². The van der Waals surface area contributed by atoms with Crippen molar-refractivity contribution in [3.05, 3.63) is 0 Å². The van der Waals surface area contributed by atoms with Crippen molar-refractivity contribution in [2.45, 2.75) is 26.2 Å². The summed E-state index contributed by atoms with van der Waals surface area (Å²) >= 11 is 0. The van der Waals surface area contributed by atoms with Gasteiger partial charge in [-0.25, -0.2) is 5.01 Å². The van der Waals surface area contributed by atoms with Gasteiger partial charge in [0.25, 0.3) is 0 Å². The lowest BCUT2D eigenvalue weighted by Gasteiger charge is -2.37. The van der Waals surface area contributed by atoms with E-state index in [-0.39, 0.29) is 5.91 Å². The van der Waals surface area contributed by atoms with E-state index in [1.54, 1.807) is 5.01 Å². The van der Waals surface area contributed by atoms with Gasteiger partial charge in [0.1, 0.15) is 6.29 Å². The molecule has 0 atom stereocenters. The Kier molecular flexibility index (Phi) is 3.89. The Balaban J connectivity index is 2.48. The first-order chi connectivity index (χ1) is 6.29. The van der Waals surface area contributed by atoms with Gasteiger partial charge < -0.3 is 4.79 Å². The average Bonchev–Trinajstić information content (AvgIpc) is 2.15. The van der Waals surface area contributed by atoms with Gasteiger partial charge >= 0.3 is 0 Å². The molecular weight excluding hydrogens is 168 g/mol. The smallest absolute Gasteiger partial charge is 0.236 e. The summed E-state index contributed by atoms with van der Waals surface area (Å²) in [6.45, 7) is 4.23. The van der Waals surface area contributed by atoms with E-state index >= 15 is 0 Å². The third-order valence-electron chi connectivity index (χ3n) is 2.24. The summed E-state index contributed by atoms with van der Waals surface area (Å²) in [5.41, 5.74) is 0. The minimum absolute atomic E-state index is 0.180. The second-order valence-electron chi connectivity index (χ2n) is 3.12. The molecule has 0 aromatic carbocycles. The highest BCUT2D eigenvalue weighted by atomic mass is 16.2. The molecular formula is C9H16N2O2. The normalized spacial score (nSPS) is 19.2. The van der Waals surface area contributed by atoms with Crippen LogP contribution in [0.3, 0.4) is 0 Å². The van der Waals surface area contributed by atoms with E-state index in [1.807, 2.05) is 11.9 Å². The number of hydrazine groups is 1. The van der Waals surface area contributed by atoms with Crippen LogP contribution in [-0.4, -0.2) is 41.8 Å². The molecule has 4 nitrogen and oxygen atoms in total. The lowest BCUT2D eigenvalue weighted by atomic mass is 10.2. The van der Waals surface area contributed by atoms with E-state index < -0.39 is 0 Å². The molecule has 1 saturated heterocycles. The summed E-state index contributed by atoms with van der Waals surface area (Å²) in [4.78, 5) is 21.6. The van der Waals surface area contributed by atoms with Gasteiger partial charge in [0.05, 0.1) is 0 Å². The van der Waals surface area contributed by atoms with Crippen molar-refractivity contribution in [3.8, 4) is 0 Å². The number of carbonyl (C=O) groups excluding carboxylic acids is 2. The number of rotatable bonds is 4. The molecule has 0 N–H and O–H groups in total. The SMILES string of the molecule is CCN1C(=O)CCCN1CCC=O. The first-order valence-electron chi connectivity index (χ1n) is 4.78. The zero-order valence-corrected chi connectivity index (χ0v) is 8.03. The molecule has 0 spiro atoms. The van der Waals surface area contributed by atoms with Crippen molar-refractivity contribution in [1.29, 1.82) is 0 Å². The van der Waals surface area contributed by atoms with Crippen molar-refractivity contribution in [1.82, 2.24) is 10.0 Å². The quantitative estimate of drug-likeness (QED) is 0.595. The second-order valence-corrected chi connectivity index (χ2v) is 3.12. The first-order valence-corrected chi connectivity index (χ1v) is 4.78. The summed E-state index contributed by atoms with van der Waals surface area (Å²) in [6.07, 6.45) is 2.95. The van der Waals surface area contributed by atoms with E-state index in [9.17, 15) is 9.59 Å². The fourth-order valence-electron chi connectivity index (χ4n) is 1.63. The molecule has 1 amide bonds. The van der Waals surface area contributed by atoms with Crippen LogP contribution in [0.5, 0.6) is 0 Å². The highest BCUT2D eigenvalue weighted by Crippen LogP contribution is 2.11. The van der Waals surface area contributed by atoms with E-state index in [2.05, 4.69) is 0 Å². The van der Waals surface area contributed by atoms with Gasteiger partial charge in [-0.1, -0.05) is 0 Å². The maximum atomic E-state index is 11.4. The van der Waals surface area contributed by atoms with Crippen LogP contribution in [0, 0.1) is 0 Å². The van der Waals surface area contributed by atoms with Gasteiger partial charge in [0.15, 0.2) is 0 Å². The molecule has 1 aliphatic heterocycles. The minimum atomic E-state index is 0.180. The molecule has 0 radical (unpaired) electrons. The molecule has 0 bridgehead atoms. The molecule has 1 heterocycles. The fraction of sp³-hybridized carbons (Fsp3) is 0.778. The molecule has 4 heteroatoms. The van der Waals surface area contributed by atoms with Gasteiger partial charge in [-0.05, 0) is 13.3 Å². The Morgan fingerprint density at radius 3 is 2.92 bits per heavy atom. The minimum Gasteiger partial charge on any atom is -0.303 e.